The van der Waals surface area contributed by atoms with E-state index in [0.29, 0.717) is 10.7 Å². The smallest absolute Gasteiger partial charge is 0.358 e. The molecule has 1 fully saturated rings. The lowest BCUT2D eigenvalue weighted by molar-refractivity contribution is -0.165. The highest BCUT2D eigenvalue weighted by molar-refractivity contribution is 7.18. The van der Waals surface area contributed by atoms with Crippen molar-refractivity contribution < 1.29 is 26.9 Å². The Hall–Kier alpha value is -3.74. The number of anilines is 3. The first-order chi connectivity index (χ1) is 17.0. The van der Waals surface area contributed by atoms with Crippen LogP contribution in [0.4, 0.5) is 34.2 Å². The van der Waals surface area contributed by atoms with Crippen molar-refractivity contribution in [3.05, 3.63) is 59.5 Å². The van der Waals surface area contributed by atoms with E-state index in [-0.39, 0.29) is 36.4 Å². The van der Waals surface area contributed by atoms with Crippen molar-refractivity contribution in [1.82, 2.24) is 19.9 Å². The summed E-state index contributed by atoms with van der Waals surface area (Å²) >= 11 is 1.34. The number of aryl methyl sites for hydroxylation is 2. The van der Waals surface area contributed by atoms with Crippen molar-refractivity contribution in [3.63, 3.8) is 0 Å². The van der Waals surface area contributed by atoms with Crippen LogP contribution in [0.25, 0.3) is 10.4 Å². The van der Waals surface area contributed by atoms with Crippen molar-refractivity contribution in [2.24, 2.45) is 7.05 Å². The monoisotopic (exact) mass is 520 g/mol. The second kappa shape index (κ2) is 8.73. The first-order valence-corrected chi connectivity index (χ1v) is 11.7. The second-order valence-electron chi connectivity index (χ2n) is 8.64. The highest BCUT2D eigenvalue weighted by Crippen LogP contribution is 2.59. The molecule has 0 saturated heterocycles. The van der Waals surface area contributed by atoms with Crippen LogP contribution in [0.5, 0.6) is 0 Å². The predicted molar refractivity (Wildman–Crippen MR) is 125 cm³/mol. The topological polar surface area (TPSA) is 97.9 Å². The zero-order chi connectivity index (χ0) is 25.7. The van der Waals surface area contributed by atoms with Gasteiger partial charge in [-0.25, -0.2) is 9.37 Å². The molecule has 1 saturated carbocycles. The number of rotatable bonds is 7. The summed E-state index contributed by atoms with van der Waals surface area (Å²) in [5.74, 6) is -1.70. The molecule has 2 N–H and O–H groups in total. The zero-order valence-corrected chi connectivity index (χ0v) is 19.9. The molecule has 3 heterocycles. The number of amides is 1. The third kappa shape index (κ3) is 4.57. The zero-order valence-electron chi connectivity index (χ0n) is 19.1. The van der Waals surface area contributed by atoms with Gasteiger partial charge in [-0.1, -0.05) is 28.6 Å². The Bertz CT molecular complexity index is 1440. The van der Waals surface area contributed by atoms with E-state index < -0.39 is 23.3 Å². The molecule has 3 aromatic heterocycles. The average Bonchev–Trinajstić information content (AvgIpc) is 3.11. The second-order valence-corrected chi connectivity index (χ2v) is 9.67. The summed E-state index contributed by atoms with van der Waals surface area (Å²) in [6, 6.07) is 5.54. The highest BCUT2D eigenvalue weighted by atomic mass is 32.1. The van der Waals surface area contributed by atoms with Crippen LogP contribution in [-0.2, 0) is 23.7 Å². The van der Waals surface area contributed by atoms with Crippen molar-refractivity contribution in [1.29, 1.82) is 0 Å². The Kier molecular flexibility index (Phi) is 5.81. The number of benzene rings is 1. The Morgan fingerprint density at radius 2 is 2.06 bits per heavy atom. The van der Waals surface area contributed by atoms with E-state index in [1.807, 2.05) is 20.2 Å². The number of hydrogen-bond acceptors (Lipinski definition) is 7. The van der Waals surface area contributed by atoms with Crippen LogP contribution in [0.15, 0.2) is 41.2 Å². The van der Waals surface area contributed by atoms with E-state index in [0.717, 1.165) is 22.3 Å². The molecule has 4 aromatic rings. The Labute approximate surface area is 206 Å². The SMILES string of the molecule is Cc1nn(C)cc1Nc1ncc(-c2ccc(CC(=O)Nc3cc(C4(C(F)(F)F)CC4)on3)c(F)c2)s1. The summed E-state index contributed by atoms with van der Waals surface area (Å²) < 4.78 is 61.0. The van der Waals surface area contributed by atoms with Crippen molar-refractivity contribution in [2.75, 3.05) is 10.6 Å². The first kappa shape index (κ1) is 24.0. The molecule has 1 aliphatic rings. The van der Waals surface area contributed by atoms with Gasteiger partial charge < -0.3 is 15.2 Å². The fourth-order valence-electron chi connectivity index (χ4n) is 3.86. The maximum Gasteiger partial charge on any atom is 0.401 e. The van der Waals surface area contributed by atoms with E-state index in [9.17, 15) is 22.4 Å². The molecule has 0 bridgehead atoms. The molecular formula is C23H20F4N6O2S. The van der Waals surface area contributed by atoms with Gasteiger partial charge in [-0.3, -0.25) is 9.48 Å². The number of hydrogen-bond donors (Lipinski definition) is 2. The molecular weight excluding hydrogens is 500 g/mol. The molecule has 8 nitrogen and oxygen atoms in total. The lowest BCUT2D eigenvalue weighted by Crippen LogP contribution is -2.28. The minimum Gasteiger partial charge on any atom is -0.358 e. The number of carbonyl (C=O) groups excluding carboxylic acids is 1. The van der Waals surface area contributed by atoms with Crippen molar-refractivity contribution in [3.8, 4) is 10.4 Å². The highest BCUT2D eigenvalue weighted by Gasteiger charge is 2.66. The molecule has 188 valence electrons. The standard InChI is InChI=1S/C23H20F4N6O2S/c1-12-16(11-33(2)31-12)29-21-28-10-17(36-21)14-4-3-13(15(24)7-14)8-20(34)30-19-9-18(35-32-19)22(5-6-22)23(25,26)27/h3-4,7,9-11H,5-6,8H2,1-2H3,(H,28,29)(H,30,32,34). The van der Waals surface area contributed by atoms with Crippen LogP contribution in [-0.4, -0.2) is 32.0 Å². The van der Waals surface area contributed by atoms with Gasteiger partial charge in [-0.2, -0.15) is 18.3 Å². The summed E-state index contributed by atoms with van der Waals surface area (Å²) in [5, 5.41) is 13.9. The number of nitrogens with zero attached hydrogens (tertiary/aromatic N) is 4. The largest absolute Gasteiger partial charge is 0.401 e. The molecule has 0 unspecified atom stereocenters. The summed E-state index contributed by atoms with van der Waals surface area (Å²) in [6.07, 6.45) is -1.50. The van der Waals surface area contributed by atoms with Gasteiger partial charge in [0.15, 0.2) is 16.7 Å². The molecule has 1 amide bonds. The number of carbonyl (C=O) groups is 1. The third-order valence-electron chi connectivity index (χ3n) is 5.99. The summed E-state index contributed by atoms with van der Waals surface area (Å²) in [6.45, 7) is 1.87. The Morgan fingerprint density at radius 1 is 1.28 bits per heavy atom. The quantitative estimate of drug-likeness (QED) is 0.313. The lowest BCUT2D eigenvalue weighted by Gasteiger charge is -2.14. The van der Waals surface area contributed by atoms with Gasteiger partial charge in [0, 0.05) is 25.5 Å². The van der Waals surface area contributed by atoms with Crippen LogP contribution in [0.2, 0.25) is 0 Å². The van der Waals surface area contributed by atoms with E-state index in [2.05, 4.69) is 25.9 Å². The number of halogens is 4. The van der Waals surface area contributed by atoms with Crippen LogP contribution in [0.1, 0.15) is 29.9 Å². The fourth-order valence-corrected chi connectivity index (χ4v) is 4.69. The van der Waals surface area contributed by atoms with Gasteiger partial charge in [-0.15, -0.1) is 0 Å². The lowest BCUT2D eigenvalue weighted by atomic mass is 10.0. The average molecular weight is 521 g/mol. The van der Waals surface area contributed by atoms with Gasteiger partial charge in [0.05, 0.1) is 22.7 Å². The minimum absolute atomic E-state index is 0.0863. The van der Waals surface area contributed by atoms with Crippen molar-refractivity contribution >= 4 is 33.9 Å². The molecule has 0 atom stereocenters. The van der Waals surface area contributed by atoms with E-state index in [1.165, 1.54) is 23.5 Å². The molecule has 0 radical (unpaired) electrons. The number of alkyl halides is 3. The molecule has 36 heavy (non-hydrogen) atoms. The van der Waals surface area contributed by atoms with Crippen LogP contribution in [0, 0.1) is 12.7 Å². The molecule has 0 aliphatic heterocycles. The minimum atomic E-state index is -4.45. The maximum atomic E-state index is 14.8. The van der Waals surface area contributed by atoms with E-state index in [1.54, 1.807) is 16.9 Å². The first-order valence-electron chi connectivity index (χ1n) is 10.9. The molecule has 1 aromatic carbocycles. The van der Waals surface area contributed by atoms with Crippen LogP contribution < -0.4 is 10.6 Å². The molecule has 5 rings (SSSR count). The van der Waals surface area contributed by atoms with Gasteiger partial charge >= 0.3 is 6.18 Å². The molecule has 13 heteroatoms. The third-order valence-corrected chi connectivity index (χ3v) is 6.95. The van der Waals surface area contributed by atoms with Gasteiger partial charge in [0.1, 0.15) is 11.2 Å². The maximum absolute atomic E-state index is 14.8. The van der Waals surface area contributed by atoms with Gasteiger partial charge in [0.25, 0.3) is 0 Å². The van der Waals surface area contributed by atoms with Crippen LogP contribution >= 0.6 is 11.3 Å². The van der Waals surface area contributed by atoms with Crippen molar-refractivity contribution in [2.45, 2.75) is 37.8 Å². The Morgan fingerprint density at radius 3 is 2.69 bits per heavy atom. The number of nitrogens with one attached hydrogen (secondary N) is 2. The summed E-state index contributed by atoms with van der Waals surface area (Å²) in [4.78, 5) is 17.4. The normalized spacial score (nSPS) is 14.6. The number of aromatic nitrogens is 4. The van der Waals surface area contributed by atoms with Gasteiger partial charge in [0.2, 0.25) is 5.91 Å². The Balaban J connectivity index is 1.23. The number of thiazole rings is 1. The predicted octanol–water partition coefficient (Wildman–Crippen LogP) is 5.50. The summed E-state index contributed by atoms with van der Waals surface area (Å²) in [5.41, 5.74) is 0.317. The van der Waals surface area contributed by atoms with E-state index in [4.69, 9.17) is 4.52 Å². The molecule has 1 aliphatic carbocycles. The summed E-state index contributed by atoms with van der Waals surface area (Å²) in [7, 11) is 1.82. The van der Waals surface area contributed by atoms with E-state index >= 15 is 0 Å². The fraction of sp³-hybridized carbons (Fsp3) is 0.304. The molecule has 0 spiro atoms. The van der Waals surface area contributed by atoms with Crippen LogP contribution in [0.3, 0.4) is 0 Å². The van der Waals surface area contributed by atoms with Gasteiger partial charge in [-0.05, 0) is 37.0 Å².